The smallest absolute Gasteiger partial charge is 0.255 e. The summed E-state index contributed by atoms with van der Waals surface area (Å²) >= 11 is 0. The molecule has 18 heavy (non-hydrogen) atoms. The first-order valence-electron chi connectivity index (χ1n) is 6.08. The molecule has 0 aliphatic rings. The number of ether oxygens (including phenoxy) is 1. The van der Waals surface area contributed by atoms with Gasteiger partial charge in [0.05, 0.1) is 18.2 Å². The highest BCUT2D eigenvalue weighted by atomic mass is 16.5. The van der Waals surface area contributed by atoms with Crippen LogP contribution in [-0.2, 0) is 6.42 Å². The number of rotatable bonds is 3. The summed E-state index contributed by atoms with van der Waals surface area (Å²) in [5, 5.41) is 0.927. The lowest BCUT2D eigenvalue weighted by molar-refractivity contribution is 0.415. The van der Waals surface area contributed by atoms with Gasteiger partial charge in [-0.25, -0.2) is 0 Å². The molecule has 0 radical (unpaired) electrons. The van der Waals surface area contributed by atoms with E-state index in [0.29, 0.717) is 11.3 Å². The molecule has 1 heterocycles. The molecule has 0 saturated carbocycles. The number of fused-ring (bicyclic) bond motifs is 1. The minimum Gasteiger partial charge on any atom is -0.496 e. The number of benzene rings is 1. The highest BCUT2D eigenvalue weighted by molar-refractivity contribution is 5.92. The molecule has 0 amide bonds. The fraction of sp³-hybridized carbons (Fsp3) is 0.357. The van der Waals surface area contributed by atoms with E-state index in [1.807, 2.05) is 12.1 Å². The molecule has 96 valence electrons. The Hall–Kier alpha value is -1.97. The van der Waals surface area contributed by atoms with Crippen LogP contribution in [0.5, 0.6) is 5.75 Å². The summed E-state index contributed by atoms with van der Waals surface area (Å²) in [6.45, 7) is 3.86. The largest absolute Gasteiger partial charge is 0.496 e. The summed E-state index contributed by atoms with van der Waals surface area (Å²) in [5.41, 5.74) is 9.08. The minimum atomic E-state index is -0.119. The van der Waals surface area contributed by atoms with Gasteiger partial charge in [-0.05, 0) is 31.0 Å². The van der Waals surface area contributed by atoms with Crippen molar-refractivity contribution in [1.82, 2.24) is 4.98 Å². The lowest BCUT2D eigenvalue weighted by Gasteiger charge is -2.14. The second kappa shape index (κ2) is 4.72. The van der Waals surface area contributed by atoms with Gasteiger partial charge in [-0.15, -0.1) is 0 Å². The summed E-state index contributed by atoms with van der Waals surface area (Å²) in [5.74, 6) is 0.629. The zero-order valence-corrected chi connectivity index (χ0v) is 11.0. The number of nitrogen functional groups attached to an aromatic ring is 1. The van der Waals surface area contributed by atoms with Crippen molar-refractivity contribution >= 4 is 16.6 Å². The number of pyridine rings is 1. The monoisotopic (exact) mass is 246 g/mol. The normalized spacial score (nSPS) is 10.8. The third-order valence-corrected chi connectivity index (χ3v) is 3.21. The van der Waals surface area contributed by atoms with E-state index in [1.165, 1.54) is 0 Å². The number of hydrogen-bond acceptors (Lipinski definition) is 3. The van der Waals surface area contributed by atoms with Crippen molar-refractivity contribution in [1.29, 1.82) is 0 Å². The quantitative estimate of drug-likeness (QED) is 0.817. The van der Waals surface area contributed by atoms with Crippen LogP contribution in [0.4, 0.5) is 5.69 Å². The Bertz CT molecular complexity index is 644. The average molecular weight is 246 g/mol. The van der Waals surface area contributed by atoms with E-state index in [2.05, 4.69) is 11.9 Å². The number of aryl methyl sites for hydroxylation is 1. The highest BCUT2D eigenvalue weighted by Gasteiger charge is 2.14. The summed E-state index contributed by atoms with van der Waals surface area (Å²) in [6, 6.07) is 3.66. The molecule has 0 spiro atoms. The number of H-pyrrole nitrogens is 1. The van der Waals surface area contributed by atoms with E-state index in [0.717, 1.165) is 35.0 Å². The van der Waals surface area contributed by atoms with E-state index >= 15 is 0 Å². The van der Waals surface area contributed by atoms with Crippen LogP contribution in [0.15, 0.2) is 16.9 Å². The van der Waals surface area contributed by atoms with Crippen LogP contribution >= 0.6 is 0 Å². The van der Waals surface area contributed by atoms with E-state index in [4.69, 9.17) is 10.5 Å². The van der Waals surface area contributed by atoms with Crippen LogP contribution < -0.4 is 16.0 Å². The third-order valence-electron chi connectivity index (χ3n) is 3.21. The molecule has 1 aromatic heterocycles. The van der Waals surface area contributed by atoms with Crippen molar-refractivity contribution in [3.05, 3.63) is 33.6 Å². The van der Waals surface area contributed by atoms with Gasteiger partial charge in [0.15, 0.2) is 0 Å². The Morgan fingerprint density at radius 3 is 2.72 bits per heavy atom. The van der Waals surface area contributed by atoms with E-state index in [-0.39, 0.29) is 5.56 Å². The molecule has 0 saturated heterocycles. The Morgan fingerprint density at radius 1 is 1.39 bits per heavy atom. The van der Waals surface area contributed by atoms with Gasteiger partial charge < -0.3 is 15.5 Å². The van der Waals surface area contributed by atoms with Crippen molar-refractivity contribution in [2.75, 3.05) is 12.8 Å². The molecule has 0 fully saturated rings. The third kappa shape index (κ3) is 1.83. The highest BCUT2D eigenvalue weighted by Crippen LogP contribution is 2.32. The fourth-order valence-electron chi connectivity index (χ4n) is 2.31. The second-order valence-electron chi connectivity index (χ2n) is 4.42. The van der Waals surface area contributed by atoms with Crippen molar-refractivity contribution in [3.8, 4) is 5.75 Å². The number of anilines is 1. The summed E-state index contributed by atoms with van der Waals surface area (Å²) < 4.78 is 5.41. The maximum Gasteiger partial charge on any atom is 0.255 e. The molecule has 0 bridgehead atoms. The maximum absolute atomic E-state index is 11.8. The molecule has 2 aromatic rings. The molecular weight excluding hydrogens is 228 g/mol. The fourth-order valence-corrected chi connectivity index (χ4v) is 2.31. The number of aromatic nitrogens is 1. The van der Waals surface area contributed by atoms with Gasteiger partial charge in [0.25, 0.3) is 5.56 Å². The molecule has 3 N–H and O–H groups in total. The second-order valence-corrected chi connectivity index (χ2v) is 4.42. The first-order chi connectivity index (χ1) is 8.60. The molecule has 4 nitrogen and oxygen atoms in total. The van der Waals surface area contributed by atoms with Crippen molar-refractivity contribution in [2.45, 2.75) is 26.7 Å². The van der Waals surface area contributed by atoms with Crippen LogP contribution in [0.3, 0.4) is 0 Å². The van der Waals surface area contributed by atoms with Crippen molar-refractivity contribution in [3.63, 3.8) is 0 Å². The number of methoxy groups -OCH3 is 1. The van der Waals surface area contributed by atoms with Crippen LogP contribution in [0.2, 0.25) is 0 Å². The van der Waals surface area contributed by atoms with E-state index in [1.54, 1.807) is 14.0 Å². The molecule has 1 aromatic carbocycles. The Balaban J connectivity index is 2.94. The Morgan fingerprint density at radius 2 is 2.11 bits per heavy atom. The van der Waals surface area contributed by atoms with Gasteiger partial charge >= 0.3 is 0 Å². The summed E-state index contributed by atoms with van der Waals surface area (Å²) in [7, 11) is 1.58. The van der Waals surface area contributed by atoms with Crippen molar-refractivity contribution < 1.29 is 4.74 Å². The van der Waals surface area contributed by atoms with Gasteiger partial charge in [-0.2, -0.15) is 0 Å². The van der Waals surface area contributed by atoms with Crippen molar-refractivity contribution in [2.24, 2.45) is 0 Å². The first kappa shape index (κ1) is 12.5. The van der Waals surface area contributed by atoms with Gasteiger partial charge in [0, 0.05) is 11.1 Å². The van der Waals surface area contributed by atoms with Gasteiger partial charge in [-0.3, -0.25) is 4.79 Å². The van der Waals surface area contributed by atoms with Gasteiger partial charge in [0.2, 0.25) is 0 Å². The van der Waals surface area contributed by atoms with Crippen LogP contribution in [0.25, 0.3) is 10.9 Å². The predicted octanol–water partition coefficient (Wildman–Crippen LogP) is 2.38. The lowest BCUT2D eigenvalue weighted by Crippen LogP contribution is -2.12. The van der Waals surface area contributed by atoms with E-state index in [9.17, 15) is 4.79 Å². The summed E-state index contributed by atoms with van der Waals surface area (Å²) in [6.07, 6.45) is 1.86. The Kier molecular flexibility index (Phi) is 3.28. The Labute approximate surface area is 106 Å². The SMILES string of the molecule is CCCc1c(N)ccc2[nH]c(=O)c(C)c(OC)c12. The molecule has 0 aliphatic carbocycles. The first-order valence-corrected chi connectivity index (χ1v) is 6.08. The molecule has 0 atom stereocenters. The zero-order chi connectivity index (χ0) is 13.3. The van der Waals surface area contributed by atoms with E-state index < -0.39 is 0 Å². The molecular formula is C14H18N2O2. The molecule has 4 heteroatoms. The van der Waals surface area contributed by atoms with Crippen LogP contribution in [0.1, 0.15) is 24.5 Å². The number of nitrogens with two attached hydrogens (primary N) is 1. The molecule has 0 aliphatic heterocycles. The topological polar surface area (TPSA) is 68.1 Å². The van der Waals surface area contributed by atoms with Gasteiger partial charge in [-0.1, -0.05) is 13.3 Å². The average Bonchev–Trinajstić information content (AvgIpc) is 2.35. The maximum atomic E-state index is 11.8. The number of aromatic amines is 1. The molecule has 2 rings (SSSR count). The predicted molar refractivity (Wildman–Crippen MR) is 74.3 cm³/mol. The number of nitrogens with one attached hydrogen (secondary N) is 1. The minimum absolute atomic E-state index is 0.119. The summed E-state index contributed by atoms with van der Waals surface area (Å²) in [4.78, 5) is 14.7. The number of hydrogen-bond donors (Lipinski definition) is 2. The standard InChI is InChI=1S/C14H18N2O2/c1-4-5-9-10(15)6-7-11-12(9)13(18-3)8(2)14(17)16-11/h6-7H,4-5,15H2,1-3H3,(H,16,17). The van der Waals surface area contributed by atoms with Crippen LogP contribution in [-0.4, -0.2) is 12.1 Å². The lowest BCUT2D eigenvalue weighted by atomic mass is 10.00. The van der Waals surface area contributed by atoms with Crippen LogP contribution in [0, 0.1) is 6.92 Å². The molecule has 0 unspecified atom stereocenters. The van der Waals surface area contributed by atoms with Gasteiger partial charge in [0.1, 0.15) is 5.75 Å². The zero-order valence-electron chi connectivity index (χ0n) is 11.0.